The number of sulfonamides is 1. The number of carbonyl (C=O) groups is 2. The highest BCUT2D eigenvalue weighted by Gasteiger charge is 2.32. The molecule has 1 N–H and O–H groups in total. The van der Waals surface area contributed by atoms with Gasteiger partial charge in [-0.05, 0) is 66.9 Å². The van der Waals surface area contributed by atoms with Crippen LogP contribution in [0.1, 0.15) is 26.3 Å². The van der Waals surface area contributed by atoms with Crippen molar-refractivity contribution in [2.45, 2.75) is 38.3 Å². The number of methoxy groups -OCH3 is 1. The molecular formula is C29H34ClN3O5S. The molecule has 39 heavy (non-hydrogen) atoms. The van der Waals surface area contributed by atoms with Crippen LogP contribution in [0, 0.1) is 5.92 Å². The normalized spacial score (nSPS) is 12.1. The average molecular weight is 572 g/mol. The van der Waals surface area contributed by atoms with Gasteiger partial charge in [-0.2, -0.15) is 0 Å². The zero-order valence-electron chi connectivity index (χ0n) is 22.5. The third-order valence-corrected chi connectivity index (χ3v) is 8.09. The molecule has 1 unspecified atom stereocenters. The van der Waals surface area contributed by atoms with Crippen molar-refractivity contribution in [3.05, 3.63) is 89.4 Å². The fraction of sp³-hybridized carbons (Fsp3) is 0.310. The maximum atomic E-state index is 13.9. The molecule has 0 aromatic heterocycles. The average Bonchev–Trinajstić information content (AvgIpc) is 2.93. The van der Waals surface area contributed by atoms with E-state index in [1.165, 1.54) is 24.1 Å². The smallest absolute Gasteiger partial charge is 0.264 e. The summed E-state index contributed by atoms with van der Waals surface area (Å²) in [5, 5.41) is 3.35. The first-order chi connectivity index (χ1) is 18.5. The number of halogens is 1. The van der Waals surface area contributed by atoms with E-state index in [0.29, 0.717) is 28.6 Å². The number of carbonyl (C=O) groups excluding carboxylic acids is 2. The van der Waals surface area contributed by atoms with Crippen molar-refractivity contribution in [1.29, 1.82) is 0 Å². The van der Waals surface area contributed by atoms with Gasteiger partial charge in [-0.25, -0.2) is 8.42 Å². The monoisotopic (exact) mass is 571 g/mol. The van der Waals surface area contributed by atoms with Gasteiger partial charge in [-0.1, -0.05) is 55.8 Å². The van der Waals surface area contributed by atoms with E-state index in [0.717, 1.165) is 4.31 Å². The minimum absolute atomic E-state index is 0.00377. The highest BCUT2D eigenvalue weighted by atomic mass is 35.5. The lowest BCUT2D eigenvalue weighted by molar-refractivity contribution is -0.139. The van der Waals surface area contributed by atoms with Crippen LogP contribution in [0.2, 0.25) is 5.02 Å². The van der Waals surface area contributed by atoms with Crippen molar-refractivity contribution in [2.75, 3.05) is 24.5 Å². The second-order valence-corrected chi connectivity index (χ2v) is 11.8. The maximum absolute atomic E-state index is 13.9. The topological polar surface area (TPSA) is 96.0 Å². The molecule has 3 aromatic carbocycles. The zero-order chi connectivity index (χ0) is 28.6. The lowest BCUT2D eigenvalue weighted by atomic mass is 10.1. The van der Waals surface area contributed by atoms with Crippen LogP contribution in [0.5, 0.6) is 5.75 Å². The van der Waals surface area contributed by atoms with Gasteiger partial charge in [0.2, 0.25) is 11.8 Å². The molecule has 2 amide bonds. The highest BCUT2D eigenvalue weighted by Crippen LogP contribution is 2.26. The summed E-state index contributed by atoms with van der Waals surface area (Å²) >= 11 is 6.17. The van der Waals surface area contributed by atoms with Crippen LogP contribution in [-0.4, -0.2) is 51.4 Å². The molecule has 208 valence electrons. The van der Waals surface area contributed by atoms with E-state index in [9.17, 15) is 18.0 Å². The van der Waals surface area contributed by atoms with E-state index >= 15 is 0 Å². The Kier molecular flexibility index (Phi) is 10.4. The molecule has 1 atom stereocenters. The van der Waals surface area contributed by atoms with Crippen molar-refractivity contribution < 1.29 is 22.7 Å². The Balaban J connectivity index is 1.98. The van der Waals surface area contributed by atoms with Crippen molar-refractivity contribution in [1.82, 2.24) is 10.2 Å². The number of para-hydroxylation sites is 1. The summed E-state index contributed by atoms with van der Waals surface area (Å²) in [6.07, 6.45) is 0. The number of amides is 2. The van der Waals surface area contributed by atoms with E-state index in [1.54, 1.807) is 73.7 Å². The number of nitrogens with one attached hydrogen (secondary N) is 1. The molecular weight excluding hydrogens is 538 g/mol. The number of hydrogen-bond donors (Lipinski definition) is 1. The summed E-state index contributed by atoms with van der Waals surface area (Å²) in [4.78, 5) is 28.3. The molecule has 0 saturated heterocycles. The molecule has 0 bridgehead atoms. The molecule has 0 aliphatic carbocycles. The Morgan fingerprint density at radius 1 is 0.949 bits per heavy atom. The Labute approximate surface area is 235 Å². The summed E-state index contributed by atoms with van der Waals surface area (Å²) in [5.74, 6) is -0.141. The van der Waals surface area contributed by atoms with Gasteiger partial charge in [0.1, 0.15) is 18.3 Å². The Morgan fingerprint density at radius 2 is 1.62 bits per heavy atom. The van der Waals surface area contributed by atoms with Crippen molar-refractivity contribution >= 4 is 39.1 Å². The van der Waals surface area contributed by atoms with E-state index in [4.69, 9.17) is 16.3 Å². The van der Waals surface area contributed by atoms with Crippen LogP contribution in [0.4, 0.5) is 5.69 Å². The molecule has 8 nitrogen and oxygen atoms in total. The molecule has 0 radical (unpaired) electrons. The largest absolute Gasteiger partial charge is 0.497 e. The third-order valence-electron chi connectivity index (χ3n) is 6.06. The Hall–Kier alpha value is -3.56. The van der Waals surface area contributed by atoms with Gasteiger partial charge in [0.15, 0.2) is 0 Å². The first-order valence-corrected chi connectivity index (χ1v) is 14.4. The number of anilines is 1. The van der Waals surface area contributed by atoms with Crippen LogP contribution in [-0.2, 0) is 26.2 Å². The van der Waals surface area contributed by atoms with E-state index in [-0.39, 0.29) is 23.3 Å². The standard InChI is InChI=1S/C29H34ClN3O5S/c1-21(2)18-31-29(35)22(3)32(19-23-9-8-10-24(30)17-23)28(34)20-33(25-11-6-5-7-12-25)39(36,37)27-15-13-26(38-4)14-16-27/h5-17,21-22H,18-20H2,1-4H3,(H,31,35). The van der Waals surface area contributed by atoms with Gasteiger partial charge in [0, 0.05) is 18.1 Å². The number of rotatable bonds is 12. The molecule has 0 spiro atoms. The van der Waals surface area contributed by atoms with Crippen LogP contribution in [0.3, 0.4) is 0 Å². The second kappa shape index (κ2) is 13.5. The van der Waals surface area contributed by atoms with E-state index in [1.807, 2.05) is 13.8 Å². The third kappa shape index (κ3) is 7.97. The Morgan fingerprint density at radius 3 is 2.21 bits per heavy atom. The summed E-state index contributed by atoms with van der Waals surface area (Å²) < 4.78 is 33.8. The van der Waals surface area contributed by atoms with Crippen LogP contribution >= 0.6 is 11.6 Å². The summed E-state index contributed by atoms with van der Waals surface area (Å²) in [5.41, 5.74) is 1.03. The number of ether oxygens (including phenoxy) is 1. The molecule has 0 saturated carbocycles. The number of hydrogen-bond acceptors (Lipinski definition) is 5. The fourth-order valence-corrected chi connectivity index (χ4v) is 5.49. The Bertz CT molecular complexity index is 1370. The minimum Gasteiger partial charge on any atom is -0.497 e. The second-order valence-electron chi connectivity index (χ2n) is 9.49. The van der Waals surface area contributed by atoms with Crippen LogP contribution < -0.4 is 14.4 Å². The summed E-state index contributed by atoms with van der Waals surface area (Å²) in [7, 11) is -2.65. The van der Waals surface area contributed by atoms with E-state index in [2.05, 4.69) is 5.32 Å². The van der Waals surface area contributed by atoms with Gasteiger partial charge >= 0.3 is 0 Å². The predicted molar refractivity (Wildman–Crippen MR) is 153 cm³/mol. The number of nitrogens with zero attached hydrogens (tertiary/aromatic N) is 2. The lowest BCUT2D eigenvalue weighted by Gasteiger charge is -2.32. The first-order valence-electron chi connectivity index (χ1n) is 12.6. The summed E-state index contributed by atoms with van der Waals surface area (Å²) in [6, 6.07) is 20.5. The molecule has 0 heterocycles. The van der Waals surface area contributed by atoms with Crippen molar-refractivity contribution in [3.63, 3.8) is 0 Å². The molecule has 0 aliphatic rings. The van der Waals surface area contributed by atoms with Gasteiger partial charge in [0.05, 0.1) is 17.7 Å². The van der Waals surface area contributed by atoms with Crippen molar-refractivity contribution in [3.8, 4) is 5.75 Å². The molecule has 0 fully saturated rings. The van der Waals surface area contributed by atoms with Crippen LogP contribution in [0.15, 0.2) is 83.8 Å². The van der Waals surface area contributed by atoms with Crippen LogP contribution in [0.25, 0.3) is 0 Å². The molecule has 3 rings (SSSR count). The molecule has 10 heteroatoms. The van der Waals surface area contributed by atoms with Gasteiger partial charge < -0.3 is 15.0 Å². The van der Waals surface area contributed by atoms with Gasteiger partial charge in [0.25, 0.3) is 10.0 Å². The fourth-order valence-electron chi connectivity index (χ4n) is 3.86. The van der Waals surface area contributed by atoms with E-state index < -0.39 is 28.5 Å². The molecule has 3 aromatic rings. The first kappa shape index (κ1) is 30.0. The SMILES string of the molecule is COc1ccc(S(=O)(=O)N(CC(=O)N(Cc2cccc(Cl)c2)C(C)C(=O)NCC(C)C)c2ccccc2)cc1. The molecule has 0 aliphatic heterocycles. The zero-order valence-corrected chi connectivity index (χ0v) is 24.1. The minimum atomic E-state index is -4.15. The quantitative estimate of drug-likeness (QED) is 0.339. The summed E-state index contributed by atoms with van der Waals surface area (Å²) in [6.45, 7) is 5.58. The van der Waals surface area contributed by atoms with Crippen molar-refractivity contribution in [2.24, 2.45) is 5.92 Å². The predicted octanol–water partition coefficient (Wildman–Crippen LogP) is 4.73. The van der Waals surface area contributed by atoms with Gasteiger partial charge in [-0.3, -0.25) is 13.9 Å². The van der Waals surface area contributed by atoms with Gasteiger partial charge in [-0.15, -0.1) is 0 Å². The maximum Gasteiger partial charge on any atom is 0.264 e. The highest BCUT2D eigenvalue weighted by molar-refractivity contribution is 7.92. The number of benzene rings is 3. The lowest BCUT2D eigenvalue weighted by Crippen LogP contribution is -2.51.